The molecule has 2 aromatic carbocycles. The zero-order valence-corrected chi connectivity index (χ0v) is 12.6. The number of nitrogens with one attached hydrogen (secondary N) is 1. The molecule has 2 aromatic rings. The molecule has 1 unspecified atom stereocenters. The Kier molecular flexibility index (Phi) is 4.86. The standard InChI is InChI=1S/C15H14Cl2FNO/c1-9(19-2)12-5-3-10(7-14(12)17)20-11-4-6-13(16)15(18)8-11/h3-9,19H,1-2H3. The molecule has 106 valence electrons. The van der Waals surface area contributed by atoms with Crippen molar-refractivity contribution in [2.75, 3.05) is 7.05 Å². The van der Waals surface area contributed by atoms with E-state index in [0.29, 0.717) is 16.5 Å². The van der Waals surface area contributed by atoms with Crippen LogP contribution in [0.1, 0.15) is 18.5 Å². The van der Waals surface area contributed by atoms with Crippen LogP contribution in [0.2, 0.25) is 10.0 Å². The van der Waals surface area contributed by atoms with Crippen molar-refractivity contribution >= 4 is 23.2 Å². The maximum absolute atomic E-state index is 13.3. The van der Waals surface area contributed by atoms with Crippen LogP contribution in [0.4, 0.5) is 4.39 Å². The van der Waals surface area contributed by atoms with Crippen LogP contribution in [0, 0.1) is 5.82 Å². The van der Waals surface area contributed by atoms with Crippen LogP contribution >= 0.6 is 23.2 Å². The summed E-state index contributed by atoms with van der Waals surface area (Å²) in [7, 11) is 1.86. The summed E-state index contributed by atoms with van der Waals surface area (Å²) in [6, 6.07) is 9.81. The second kappa shape index (κ2) is 6.44. The van der Waals surface area contributed by atoms with Crippen LogP contribution in [0.25, 0.3) is 0 Å². The average Bonchev–Trinajstić information content (AvgIpc) is 2.42. The Labute approximate surface area is 127 Å². The van der Waals surface area contributed by atoms with Crippen molar-refractivity contribution in [2.24, 2.45) is 0 Å². The fourth-order valence-electron chi connectivity index (χ4n) is 1.75. The summed E-state index contributed by atoms with van der Waals surface area (Å²) in [6.07, 6.45) is 0. The minimum absolute atomic E-state index is 0.0635. The molecule has 0 amide bonds. The Morgan fingerprint density at radius 3 is 2.30 bits per heavy atom. The molecule has 0 aromatic heterocycles. The first-order chi connectivity index (χ1) is 9.51. The summed E-state index contributed by atoms with van der Waals surface area (Å²) in [5.41, 5.74) is 0.976. The third-order valence-electron chi connectivity index (χ3n) is 3.00. The molecule has 0 radical (unpaired) electrons. The third-order valence-corrected chi connectivity index (χ3v) is 3.63. The molecule has 0 fully saturated rings. The zero-order valence-electron chi connectivity index (χ0n) is 11.1. The van der Waals surface area contributed by atoms with Crippen LogP contribution in [-0.2, 0) is 0 Å². The lowest BCUT2D eigenvalue weighted by atomic mass is 10.1. The van der Waals surface area contributed by atoms with Gasteiger partial charge in [0.15, 0.2) is 0 Å². The van der Waals surface area contributed by atoms with Crippen molar-refractivity contribution in [1.29, 1.82) is 0 Å². The van der Waals surface area contributed by atoms with Gasteiger partial charge in [0.1, 0.15) is 17.3 Å². The predicted molar refractivity (Wildman–Crippen MR) is 80.4 cm³/mol. The van der Waals surface area contributed by atoms with E-state index in [-0.39, 0.29) is 11.1 Å². The van der Waals surface area contributed by atoms with E-state index in [2.05, 4.69) is 5.32 Å². The van der Waals surface area contributed by atoms with Gasteiger partial charge in [-0.15, -0.1) is 0 Å². The first-order valence-electron chi connectivity index (χ1n) is 6.11. The molecule has 0 saturated heterocycles. The number of hydrogen-bond donors (Lipinski definition) is 1. The van der Waals surface area contributed by atoms with Crippen molar-refractivity contribution in [2.45, 2.75) is 13.0 Å². The van der Waals surface area contributed by atoms with Crippen LogP contribution in [-0.4, -0.2) is 7.05 Å². The van der Waals surface area contributed by atoms with Gasteiger partial charge in [-0.25, -0.2) is 4.39 Å². The summed E-state index contributed by atoms with van der Waals surface area (Å²) in [5, 5.41) is 3.77. The molecule has 0 aliphatic rings. The van der Waals surface area contributed by atoms with Crippen molar-refractivity contribution in [3.8, 4) is 11.5 Å². The van der Waals surface area contributed by atoms with Gasteiger partial charge < -0.3 is 10.1 Å². The molecule has 0 spiro atoms. The second-order valence-corrected chi connectivity index (χ2v) is 5.19. The lowest BCUT2D eigenvalue weighted by Gasteiger charge is -2.14. The highest BCUT2D eigenvalue weighted by atomic mass is 35.5. The number of halogens is 3. The Balaban J connectivity index is 2.22. The quantitative estimate of drug-likeness (QED) is 0.837. The van der Waals surface area contributed by atoms with Crippen LogP contribution in [0.5, 0.6) is 11.5 Å². The molecule has 1 atom stereocenters. The van der Waals surface area contributed by atoms with Gasteiger partial charge in [0.2, 0.25) is 0 Å². The van der Waals surface area contributed by atoms with Gasteiger partial charge >= 0.3 is 0 Å². The molecule has 0 saturated carbocycles. The number of benzene rings is 2. The number of rotatable bonds is 4. The molecule has 0 aliphatic carbocycles. The van der Waals surface area contributed by atoms with Gasteiger partial charge in [-0.3, -0.25) is 0 Å². The molecule has 20 heavy (non-hydrogen) atoms. The fraction of sp³-hybridized carbons (Fsp3) is 0.200. The molecule has 2 rings (SSSR count). The number of ether oxygens (including phenoxy) is 1. The first-order valence-corrected chi connectivity index (χ1v) is 6.86. The SMILES string of the molecule is CNC(C)c1ccc(Oc2ccc(Cl)c(F)c2)cc1Cl. The molecular formula is C15H14Cl2FNO. The molecule has 2 nitrogen and oxygen atoms in total. The van der Waals surface area contributed by atoms with Crippen molar-refractivity contribution < 1.29 is 9.13 Å². The van der Waals surface area contributed by atoms with E-state index in [4.69, 9.17) is 27.9 Å². The van der Waals surface area contributed by atoms with Crippen LogP contribution in [0.15, 0.2) is 36.4 Å². The van der Waals surface area contributed by atoms with Gasteiger partial charge in [-0.2, -0.15) is 0 Å². The summed E-state index contributed by atoms with van der Waals surface area (Å²) >= 11 is 11.8. The van der Waals surface area contributed by atoms with E-state index in [0.717, 1.165) is 5.56 Å². The van der Waals surface area contributed by atoms with E-state index in [1.54, 1.807) is 18.2 Å². The topological polar surface area (TPSA) is 21.3 Å². The van der Waals surface area contributed by atoms with Gasteiger partial charge in [-0.05, 0) is 43.8 Å². The lowest BCUT2D eigenvalue weighted by Crippen LogP contribution is -2.12. The fourth-order valence-corrected chi connectivity index (χ4v) is 2.21. The highest BCUT2D eigenvalue weighted by Gasteiger charge is 2.09. The van der Waals surface area contributed by atoms with E-state index in [9.17, 15) is 4.39 Å². The summed E-state index contributed by atoms with van der Waals surface area (Å²) in [4.78, 5) is 0. The van der Waals surface area contributed by atoms with Gasteiger partial charge in [0.05, 0.1) is 5.02 Å². The van der Waals surface area contributed by atoms with Crippen LogP contribution in [0.3, 0.4) is 0 Å². The van der Waals surface area contributed by atoms with Gasteiger partial charge in [-0.1, -0.05) is 29.3 Å². The maximum Gasteiger partial charge on any atom is 0.145 e. The highest BCUT2D eigenvalue weighted by Crippen LogP contribution is 2.30. The van der Waals surface area contributed by atoms with E-state index < -0.39 is 5.82 Å². The Morgan fingerprint density at radius 2 is 1.70 bits per heavy atom. The van der Waals surface area contributed by atoms with E-state index >= 15 is 0 Å². The average molecular weight is 314 g/mol. The van der Waals surface area contributed by atoms with Crippen molar-refractivity contribution in [3.63, 3.8) is 0 Å². The largest absolute Gasteiger partial charge is 0.457 e. The minimum Gasteiger partial charge on any atom is -0.457 e. The Hall–Kier alpha value is -1.29. The van der Waals surface area contributed by atoms with E-state index in [1.165, 1.54) is 12.1 Å². The van der Waals surface area contributed by atoms with Crippen molar-refractivity contribution in [1.82, 2.24) is 5.32 Å². The third kappa shape index (κ3) is 3.42. The first kappa shape index (κ1) is 15.1. The molecule has 0 aliphatic heterocycles. The normalized spacial score (nSPS) is 12.2. The summed E-state index contributed by atoms with van der Waals surface area (Å²) < 4.78 is 18.9. The lowest BCUT2D eigenvalue weighted by molar-refractivity contribution is 0.476. The minimum atomic E-state index is -0.518. The highest BCUT2D eigenvalue weighted by molar-refractivity contribution is 6.31. The van der Waals surface area contributed by atoms with Gasteiger partial charge in [0, 0.05) is 17.1 Å². The van der Waals surface area contributed by atoms with E-state index in [1.807, 2.05) is 20.0 Å². The van der Waals surface area contributed by atoms with Gasteiger partial charge in [0.25, 0.3) is 0 Å². The zero-order chi connectivity index (χ0) is 14.7. The molecule has 5 heteroatoms. The monoisotopic (exact) mass is 313 g/mol. The number of hydrogen-bond acceptors (Lipinski definition) is 2. The Bertz CT molecular complexity index is 619. The summed E-state index contributed by atoms with van der Waals surface area (Å²) in [6.45, 7) is 2.01. The second-order valence-electron chi connectivity index (χ2n) is 4.37. The predicted octanol–water partition coefficient (Wildman–Crippen LogP) is 5.21. The van der Waals surface area contributed by atoms with Crippen LogP contribution < -0.4 is 10.1 Å². The Morgan fingerprint density at radius 1 is 1.05 bits per heavy atom. The molecular weight excluding hydrogens is 300 g/mol. The van der Waals surface area contributed by atoms with Crippen molar-refractivity contribution in [3.05, 3.63) is 57.8 Å². The smallest absolute Gasteiger partial charge is 0.145 e. The molecule has 0 bridgehead atoms. The molecule has 0 heterocycles. The molecule has 1 N–H and O–H groups in total. The maximum atomic E-state index is 13.3. The summed E-state index contributed by atoms with van der Waals surface area (Å²) in [5.74, 6) is 0.400.